The van der Waals surface area contributed by atoms with Crippen molar-refractivity contribution in [2.75, 3.05) is 0 Å². The molecule has 0 bridgehead atoms. The zero-order chi connectivity index (χ0) is 34.2. The number of aromatic nitrogens is 3. The highest BCUT2D eigenvalue weighted by Gasteiger charge is 2.23. The van der Waals surface area contributed by atoms with Gasteiger partial charge in [-0.2, -0.15) is 0 Å². The summed E-state index contributed by atoms with van der Waals surface area (Å²) in [4.78, 5) is 5.46. The van der Waals surface area contributed by atoms with Gasteiger partial charge in [-0.05, 0) is 76.9 Å². The fraction of sp³-hybridized carbons (Fsp3) is 0.0408. The molecule has 10 aromatic rings. The van der Waals surface area contributed by atoms with E-state index in [1.807, 2.05) is 0 Å². The van der Waals surface area contributed by atoms with Crippen molar-refractivity contribution in [3.05, 3.63) is 193 Å². The second kappa shape index (κ2) is 11.4. The maximum Gasteiger partial charge on any atom is 0.0726 e. The molecule has 11 rings (SSSR count). The van der Waals surface area contributed by atoms with Crippen molar-refractivity contribution in [1.82, 2.24) is 14.1 Å². The maximum atomic E-state index is 5.46. The molecule has 52 heavy (non-hydrogen) atoms. The van der Waals surface area contributed by atoms with Gasteiger partial charge in [0.25, 0.3) is 0 Å². The Hall–Kier alpha value is -6.71. The van der Waals surface area contributed by atoms with Crippen LogP contribution in [0.4, 0.5) is 0 Å². The number of benzene rings is 7. The van der Waals surface area contributed by atoms with Crippen LogP contribution < -0.4 is 0 Å². The number of pyridine rings is 1. The molecule has 1 unspecified atom stereocenters. The van der Waals surface area contributed by atoms with Crippen molar-refractivity contribution < 1.29 is 0 Å². The van der Waals surface area contributed by atoms with Gasteiger partial charge in [0.05, 0.1) is 39.1 Å². The van der Waals surface area contributed by atoms with Crippen LogP contribution in [0.25, 0.3) is 83.1 Å². The van der Waals surface area contributed by atoms with Crippen molar-refractivity contribution >= 4 is 60.5 Å². The molecule has 3 nitrogen and oxygen atoms in total. The molecular formula is C49H33N3. The van der Waals surface area contributed by atoms with Gasteiger partial charge in [0.1, 0.15) is 0 Å². The first-order valence-corrected chi connectivity index (χ1v) is 18.1. The van der Waals surface area contributed by atoms with Crippen molar-refractivity contribution in [2.24, 2.45) is 0 Å². The number of fused-ring (bicyclic) bond motifs is 9. The van der Waals surface area contributed by atoms with E-state index in [1.165, 1.54) is 65.5 Å². The molecule has 0 amide bonds. The van der Waals surface area contributed by atoms with E-state index < -0.39 is 0 Å². The van der Waals surface area contributed by atoms with Gasteiger partial charge in [-0.1, -0.05) is 133 Å². The molecule has 1 aliphatic carbocycles. The normalized spacial score (nSPS) is 14.2. The number of hydrogen-bond acceptors (Lipinski definition) is 1. The predicted octanol–water partition coefficient (Wildman–Crippen LogP) is 12.4. The van der Waals surface area contributed by atoms with Gasteiger partial charge in [0.15, 0.2) is 0 Å². The molecule has 0 saturated carbocycles. The second-order valence-electron chi connectivity index (χ2n) is 14.0. The van der Waals surface area contributed by atoms with Crippen LogP contribution in [0.1, 0.15) is 22.7 Å². The molecule has 0 saturated heterocycles. The smallest absolute Gasteiger partial charge is 0.0726 e. The lowest BCUT2D eigenvalue weighted by Crippen LogP contribution is -2.09. The summed E-state index contributed by atoms with van der Waals surface area (Å²) in [5.74, 6) is 0.155. The van der Waals surface area contributed by atoms with E-state index in [1.54, 1.807) is 0 Å². The van der Waals surface area contributed by atoms with E-state index in [0.29, 0.717) is 0 Å². The lowest BCUT2D eigenvalue weighted by Gasteiger charge is -2.21. The molecule has 1 aliphatic rings. The van der Waals surface area contributed by atoms with Gasteiger partial charge in [0, 0.05) is 38.7 Å². The Morgan fingerprint density at radius 2 is 1.23 bits per heavy atom. The molecule has 0 aliphatic heterocycles. The summed E-state index contributed by atoms with van der Waals surface area (Å²) < 4.78 is 4.92. The van der Waals surface area contributed by atoms with E-state index >= 15 is 0 Å². The van der Waals surface area contributed by atoms with Crippen molar-refractivity contribution in [3.8, 4) is 22.6 Å². The fourth-order valence-corrected chi connectivity index (χ4v) is 8.60. The minimum absolute atomic E-state index is 0.155. The van der Waals surface area contributed by atoms with E-state index in [9.17, 15) is 0 Å². The molecular weight excluding hydrogens is 631 g/mol. The summed E-state index contributed by atoms with van der Waals surface area (Å²) in [6, 6.07) is 61.7. The summed E-state index contributed by atoms with van der Waals surface area (Å²) >= 11 is 0. The van der Waals surface area contributed by atoms with Gasteiger partial charge >= 0.3 is 0 Å². The zero-order valence-corrected chi connectivity index (χ0v) is 28.4. The van der Waals surface area contributed by atoms with Crippen molar-refractivity contribution in [3.63, 3.8) is 0 Å². The molecule has 0 N–H and O–H groups in total. The summed E-state index contributed by atoms with van der Waals surface area (Å²) in [6.07, 6.45) is 5.54. The van der Waals surface area contributed by atoms with Crippen LogP contribution in [0.5, 0.6) is 0 Å². The minimum atomic E-state index is 0.155. The Bertz CT molecular complexity index is 3050. The van der Waals surface area contributed by atoms with E-state index in [0.717, 1.165) is 34.7 Å². The number of nitrogens with zero attached hydrogens (tertiary/aromatic N) is 3. The molecule has 0 radical (unpaired) electrons. The molecule has 1 atom stereocenters. The van der Waals surface area contributed by atoms with Gasteiger partial charge in [-0.25, -0.2) is 0 Å². The Balaban J connectivity index is 1.24. The molecule has 0 spiro atoms. The van der Waals surface area contributed by atoms with Gasteiger partial charge < -0.3 is 9.13 Å². The molecule has 0 fully saturated rings. The third kappa shape index (κ3) is 4.42. The van der Waals surface area contributed by atoms with Crippen LogP contribution in [0, 0.1) is 0 Å². The van der Waals surface area contributed by atoms with E-state index in [2.05, 4.69) is 191 Å². The van der Waals surface area contributed by atoms with Crippen LogP contribution in [0.15, 0.2) is 176 Å². The largest absolute Gasteiger partial charge is 0.309 e. The maximum absolute atomic E-state index is 5.46. The highest BCUT2D eigenvalue weighted by molar-refractivity contribution is 6.26. The third-order valence-electron chi connectivity index (χ3n) is 11.0. The summed E-state index contributed by atoms with van der Waals surface area (Å²) in [7, 11) is 0. The fourth-order valence-electron chi connectivity index (χ4n) is 8.60. The number of allylic oxidation sites excluding steroid dienone is 1. The first kappa shape index (κ1) is 29.1. The Morgan fingerprint density at radius 1 is 0.500 bits per heavy atom. The Morgan fingerprint density at radius 3 is 2.12 bits per heavy atom. The van der Waals surface area contributed by atoms with Crippen LogP contribution in [-0.2, 0) is 6.42 Å². The molecule has 3 heterocycles. The molecule has 3 heteroatoms. The topological polar surface area (TPSA) is 22.8 Å². The van der Waals surface area contributed by atoms with Gasteiger partial charge in [-0.15, -0.1) is 0 Å². The highest BCUT2D eigenvalue weighted by atomic mass is 15.0. The van der Waals surface area contributed by atoms with Gasteiger partial charge in [0.2, 0.25) is 0 Å². The second-order valence-corrected chi connectivity index (χ2v) is 14.0. The molecule has 3 aromatic heterocycles. The zero-order valence-electron chi connectivity index (χ0n) is 28.4. The lowest BCUT2D eigenvalue weighted by atomic mass is 9.87. The van der Waals surface area contributed by atoms with Gasteiger partial charge in [-0.3, -0.25) is 4.98 Å². The number of hydrogen-bond donors (Lipinski definition) is 0. The summed E-state index contributed by atoms with van der Waals surface area (Å²) in [6.45, 7) is 0. The summed E-state index contributed by atoms with van der Waals surface area (Å²) in [5.41, 5.74) is 12.9. The molecule has 7 aromatic carbocycles. The summed E-state index contributed by atoms with van der Waals surface area (Å²) in [5, 5.41) is 7.43. The first-order valence-electron chi connectivity index (χ1n) is 18.1. The SMILES string of the molecule is C1=CC(c2cc(-n3c4ccccc4c4ccc5c(c6ccccc6n5-c5ccccc5)c43)cc(-c3ccc4ccccc4c3)n2)Cc2ccccc21. The predicted molar refractivity (Wildman–Crippen MR) is 218 cm³/mol. The number of para-hydroxylation sites is 3. The standard InChI is InChI=1S/C49H33N3/c1-2-16-38(17-3-1)51-46-21-11-9-19-42(46)48-47(51)27-26-41-40-18-8-10-20-45(40)52(49(41)48)39-30-43(36-24-22-32-12-4-6-14-34(32)28-36)50-44(31-39)37-25-23-33-13-5-7-15-35(33)29-37/h1-28,30-31,37H,29H2. The number of rotatable bonds is 4. The first-order chi connectivity index (χ1) is 25.8. The quantitative estimate of drug-likeness (QED) is 0.184. The van der Waals surface area contributed by atoms with Crippen LogP contribution in [0.2, 0.25) is 0 Å². The van der Waals surface area contributed by atoms with Crippen LogP contribution in [0.3, 0.4) is 0 Å². The van der Waals surface area contributed by atoms with Crippen LogP contribution >= 0.6 is 0 Å². The lowest BCUT2D eigenvalue weighted by molar-refractivity contribution is 0.793. The van der Waals surface area contributed by atoms with E-state index in [-0.39, 0.29) is 5.92 Å². The van der Waals surface area contributed by atoms with Crippen molar-refractivity contribution in [2.45, 2.75) is 12.3 Å². The Labute approximate surface area is 301 Å². The van der Waals surface area contributed by atoms with Crippen LogP contribution in [-0.4, -0.2) is 14.1 Å². The Kier molecular flexibility index (Phi) is 6.38. The molecule has 244 valence electrons. The van der Waals surface area contributed by atoms with Crippen molar-refractivity contribution in [1.29, 1.82) is 0 Å². The third-order valence-corrected chi connectivity index (χ3v) is 11.0. The average molecular weight is 664 g/mol. The van der Waals surface area contributed by atoms with E-state index in [4.69, 9.17) is 4.98 Å². The monoisotopic (exact) mass is 663 g/mol. The minimum Gasteiger partial charge on any atom is -0.309 e. The average Bonchev–Trinajstić information content (AvgIpc) is 3.74. The highest BCUT2D eigenvalue weighted by Crippen LogP contribution is 2.43.